The van der Waals surface area contributed by atoms with Gasteiger partial charge < -0.3 is 29.3 Å². The van der Waals surface area contributed by atoms with Gasteiger partial charge in [0.15, 0.2) is 0 Å². The maximum absolute atomic E-state index is 10.3. The summed E-state index contributed by atoms with van der Waals surface area (Å²) in [6, 6.07) is 7.84. The molecule has 0 bridgehead atoms. The predicted molar refractivity (Wildman–Crippen MR) is 131 cm³/mol. The SMILES string of the molecule is O=C([O-])CCCCCCCCCCOc1ccc(OCCCCCCCCCCC(=O)[O-])cc1. The monoisotopic (exact) mass is 476 g/mol. The third-order valence-corrected chi connectivity index (χ3v) is 5.91. The summed E-state index contributed by atoms with van der Waals surface area (Å²) in [5.41, 5.74) is 0. The summed E-state index contributed by atoms with van der Waals surface area (Å²) in [6.45, 7) is 1.45. The molecule has 0 aliphatic rings. The lowest BCUT2D eigenvalue weighted by molar-refractivity contribution is -0.307. The van der Waals surface area contributed by atoms with Crippen molar-refractivity contribution in [3.63, 3.8) is 0 Å². The second-order valence-corrected chi connectivity index (χ2v) is 9.07. The fraction of sp³-hybridized carbons (Fsp3) is 0.714. The van der Waals surface area contributed by atoms with E-state index in [-0.39, 0.29) is 12.8 Å². The Morgan fingerprint density at radius 2 is 0.735 bits per heavy atom. The highest BCUT2D eigenvalue weighted by Crippen LogP contribution is 2.19. The fourth-order valence-corrected chi connectivity index (χ4v) is 3.88. The van der Waals surface area contributed by atoms with Gasteiger partial charge in [0, 0.05) is 11.9 Å². The Morgan fingerprint density at radius 1 is 0.471 bits per heavy atom. The molecule has 0 aromatic heterocycles. The molecule has 0 aliphatic carbocycles. The van der Waals surface area contributed by atoms with Crippen molar-refractivity contribution in [2.75, 3.05) is 13.2 Å². The molecular formula is C28H44O6-2. The minimum Gasteiger partial charge on any atom is -0.550 e. The molecule has 6 heteroatoms. The van der Waals surface area contributed by atoms with Crippen LogP contribution in [0.2, 0.25) is 0 Å². The largest absolute Gasteiger partial charge is 0.550 e. The number of unbranched alkanes of at least 4 members (excludes halogenated alkanes) is 14. The number of aliphatic carboxylic acids is 2. The third-order valence-electron chi connectivity index (χ3n) is 5.91. The first kappa shape index (κ1) is 29.8. The lowest BCUT2D eigenvalue weighted by Crippen LogP contribution is -2.21. The van der Waals surface area contributed by atoms with Crippen LogP contribution < -0.4 is 19.7 Å². The molecule has 0 fully saturated rings. The van der Waals surface area contributed by atoms with Crippen molar-refractivity contribution in [1.29, 1.82) is 0 Å². The molecule has 194 valence electrons. The molecule has 0 atom stereocenters. The van der Waals surface area contributed by atoms with E-state index >= 15 is 0 Å². The van der Waals surface area contributed by atoms with Gasteiger partial charge in [0.2, 0.25) is 0 Å². The Balaban J connectivity index is 1.89. The number of benzene rings is 1. The van der Waals surface area contributed by atoms with Crippen LogP contribution in [0.15, 0.2) is 24.3 Å². The lowest BCUT2D eigenvalue weighted by Gasteiger charge is -2.09. The third kappa shape index (κ3) is 19.2. The van der Waals surface area contributed by atoms with Gasteiger partial charge in [-0.3, -0.25) is 0 Å². The zero-order valence-electron chi connectivity index (χ0n) is 20.9. The van der Waals surface area contributed by atoms with Gasteiger partial charge in [-0.05, 0) is 62.8 Å². The van der Waals surface area contributed by atoms with E-state index in [4.69, 9.17) is 9.47 Å². The summed E-state index contributed by atoms with van der Waals surface area (Å²) in [5.74, 6) is -0.134. The first-order valence-electron chi connectivity index (χ1n) is 13.3. The van der Waals surface area contributed by atoms with Crippen molar-refractivity contribution in [2.24, 2.45) is 0 Å². The van der Waals surface area contributed by atoms with Gasteiger partial charge in [-0.1, -0.05) is 77.0 Å². The van der Waals surface area contributed by atoms with E-state index in [0.29, 0.717) is 0 Å². The number of carbonyl (C=O) groups excluding carboxylic acids is 2. The van der Waals surface area contributed by atoms with Gasteiger partial charge in [-0.2, -0.15) is 0 Å². The topological polar surface area (TPSA) is 98.7 Å². The van der Waals surface area contributed by atoms with Gasteiger partial charge in [0.25, 0.3) is 0 Å². The summed E-state index contributed by atoms with van der Waals surface area (Å²) in [7, 11) is 0. The predicted octanol–water partition coefficient (Wildman–Crippen LogP) is 4.97. The zero-order chi connectivity index (χ0) is 24.7. The van der Waals surface area contributed by atoms with Crippen molar-refractivity contribution in [3.8, 4) is 11.5 Å². The molecule has 6 nitrogen and oxygen atoms in total. The second kappa shape index (κ2) is 21.3. The molecule has 0 heterocycles. The van der Waals surface area contributed by atoms with Crippen LogP contribution in [0.25, 0.3) is 0 Å². The number of carboxylic acid groups (broad SMARTS) is 2. The Morgan fingerprint density at radius 3 is 1.03 bits per heavy atom. The summed E-state index contributed by atoms with van der Waals surface area (Å²) >= 11 is 0. The Hall–Kier alpha value is -2.24. The minimum atomic E-state index is -0.942. The lowest BCUT2D eigenvalue weighted by atomic mass is 10.1. The van der Waals surface area contributed by atoms with E-state index in [1.54, 1.807) is 0 Å². The molecule has 1 aromatic rings. The normalized spacial score (nSPS) is 10.8. The molecule has 0 unspecified atom stereocenters. The van der Waals surface area contributed by atoms with E-state index in [2.05, 4.69) is 0 Å². The van der Waals surface area contributed by atoms with Gasteiger partial charge >= 0.3 is 0 Å². The molecule has 0 saturated carbocycles. The Kier molecular flexibility index (Phi) is 18.7. The Bertz CT molecular complexity index is 573. The molecule has 1 rings (SSSR count). The molecular weight excluding hydrogens is 432 g/mol. The number of carboxylic acids is 2. The second-order valence-electron chi connectivity index (χ2n) is 9.07. The van der Waals surface area contributed by atoms with Crippen LogP contribution in [0.3, 0.4) is 0 Å². The molecule has 0 spiro atoms. The van der Waals surface area contributed by atoms with Crippen LogP contribution in [0.4, 0.5) is 0 Å². The maximum atomic E-state index is 10.3. The van der Waals surface area contributed by atoms with E-state index < -0.39 is 11.9 Å². The summed E-state index contributed by atoms with van der Waals surface area (Å²) < 4.78 is 11.6. The van der Waals surface area contributed by atoms with Gasteiger partial charge in [-0.15, -0.1) is 0 Å². The van der Waals surface area contributed by atoms with E-state index in [1.807, 2.05) is 24.3 Å². The first-order chi connectivity index (χ1) is 16.6. The van der Waals surface area contributed by atoms with Gasteiger partial charge in [0.05, 0.1) is 13.2 Å². The zero-order valence-corrected chi connectivity index (χ0v) is 20.9. The maximum Gasteiger partial charge on any atom is 0.119 e. The molecule has 0 radical (unpaired) electrons. The van der Waals surface area contributed by atoms with Crippen LogP contribution in [0.5, 0.6) is 11.5 Å². The smallest absolute Gasteiger partial charge is 0.119 e. The van der Waals surface area contributed by atoms with E-state index in [9.17, 15) is 19.8 Å². The highest BCUT2D eigenvalue weighted by Gasteiger charge is 1.99. The van der Waals surface area contributed by atoms with Crippen molar-refractivity contribution in [2.45, 2.75) is 116 Å². The summed E-state index contributed by atoms with van der Waals surface area (Å²) in [4.78, 5) is 20.7. The van der Waals surface area contributed by atoms with Gasteiger partial charge in [0.1, 0.15) is 11.5 Å². The van der Waals surface area contributed by atoms with Crippen LogP contribution >= 0.6 is 0 Å². The van der Waals surface area contributed by atoms with Crippen LogP contribution in [-0.4, -0.2) is 25.2 Å². The summed E-state index contributed by atoms with van der Waals surface area (Å²) in [5, 5.41) is 20.7. The van der Waals surface area contributed by atoms with Crippen LogP contribution in [0.1, 0.15) is 116 Å². The summed E-state index contributed by atoms with van der Waals surface area (Å²) in [6.07, 6.45) is 17.5. The molecule has 0 N–H and O–H groups in total. The number of rotatable bonds is 24. The standard InChI is InChI=1S/C28H46O6/c29-27(30)17-13-9-5-1-3-7-11-15-23-33-25-19-21-26(22-20-25)34-24-16-12-8-4-2-6-10-14-18-28(31)32/h19-22H,1-18,23-24H2,(H,29,30)(H,31,32)/p-2. The molecule has 0 amide bonds. The van der Waals surface area contributed by atoms with Crippen molar-refractivity contribution in [1.82, 2.24) is 0 Å². The van der Waals surface area contributed by atoms with Crippen molar-refractivity contribution >= 4 is 11.9 Å². The molecule has 0 aliphatic heterocycles. The van der Waals surface area contributed by atoms with E-state index in [0.717, 1.165) is 88.9 Å². The number of ether oxygens (including phenoxy) is 2. The quantitative estimate of drug-likeness (QED) is 0.195. The van der Waals surface area contributed by atoms with Gasteiger partial charge in [-0.25, -0.2) is 0 Å². The molecule has 1 aromatic carbocycles. The minimum absolute atomic E-state index is 0.185. The number of hydrogen-bond acceptors (Lipinski definition) is 6. The molecule has 34 heavy (non-hydrogen) atoms. The average Bonchev–Trinajstić information content (AvgIpc) is 2.81. The first-order valence-corrected chi connectivity index (χ1v) is 13.3. The number of carbonyl (C=O) groups is 2. The van der Waals surface area contributed by atoms with Crippen molar-refractivity contribution < 1.29 is 29.3 Å². The highest BCUT2D eigenvalue weighted by atomic mass is 16.5. The molecule has 0 saturated heterocycles. The average molecular weight is 477 g/mol. The number of hydrogen-bond donors (Lipinski definition) is 0. The highest BCUT2D eigenvalue weighted by molar-refractivity contribution is 5.64. The fourth-order valence-electron chi connectivity index (χ4n) is 3.88. The Labute approximate surface area is 206 Å². The van der Waals surface area contributed by atoms with E-state index in [1.165, 1.54) is 38.5 Å². The van der Waals surface area contributed by atoms with Crippen molar-refractivity contribution in [3.05, 3.63) is 24.3 Å². The van der Waals surface area contributed by atoms with Crippen LogP contribution in [0, 0.1) is 0 Å². The van der Waals surface area contributed by atoms with Crippen LogP contribution in [-0.2, 0) is 9.59 Å².